The van der Waals surface area contributed by atoms with Gasteiger partial charge in [-0.05, 0) is 25.0 Å². The Hall–Kier alpha value is -1.26. The average Bonchev–Trinajstić information content (AvgIpc) is 2.18. The van der Waals surface area contributed by atoms with Crippen molar-refractivity contribution in [3.63, 3.8) is 0 Å². The minimum absolute atomic E-state index is 0.0909. The van der Waals surface area contributed by atoms with Gasteiger partial charge in [-0.25, -0.2) is 9.59 Å². The van der Waals surface area contributed by atoms with Crippen LogP contribution in [0, 0.1) is 13.8 Å². The van der Waals surface area contributed by atoms with Crippen LogP contribution in [0.3, 0.4) is 0 Å². The highest BCUT2D eigenvalue weighted by atomic mass is 35.5. The van der Waals surface area contributed by atoms with Crippen molar-refractivity contribution in [3.05, 3.63) is 32.3 Å². The third-order valence-electron chi connectivity index (χ3n) is 2.34. The van der Waals surface area contributed by atoms with E-state index in [4.69, 9.17) is 33.4 Å². The van der Waals surface area contributed by atoms with Crippen LogP contribution in [0.25, 0.3) is 0 Å². The van der Waals surface area contributed by atoms with Crippen LogP contribution in [0.4, 0.5) is 0 Å². The van der Waals surface area contributed by atoms with Gasteiger partial charge in [-0.2, -0.15) is 0 Å². The Morgan fingerprint density at radius 3 is 1.31 bits per heavy atom. The number of benzene rings is 1. The van der Waals surface area contributed by atoms with E-state index in [1.54, 1.807) is 13.8 Å². The molecule has 0 heterocycles. The maximum atomic E-state index is 11.0. The van der Waals surface area contributed by atoms with E-state index in [1.807, 2.05) is 0 Å². The van der Waals surface area contributed by atoms with Crippen LogP contribution in [0.15, 0.2) is 0 Å². The Labute approximate surface area is 101 Å². The summed E-state index contributed by atoms with van der Waals surface area (Å²) in [4.78, 5) is 21.9. The largest absolute Gasteiger partial charge is 0.478 e. The van der Waals surface area contributed by atoms with E-state index in [1.165, 1.54) is 0 Å². The summed E-state index contributed by atoms with van der Waals surface area (Å²) in [7, 11) is 0. The number of carbonyl (C=O) groups is 2. The topological polar surface area (TPSA) is 74.6 Å². The zero-order valence-electron chi connectivity index (χ0n) is 8.47. The van der Waals surface area contributed by atoms with Gasteiger partial charge in [-0.3, -0.25) is 0 Å². The molecule has 2 N–H and O–H groups in total. The smallest absolute Gasteiger partial charge is 0.338 e. The van der Waals surface area contributed by atoms with Crippen molar-refractivity contribution in [2.45, 2.75) is 13.8 Å². The lowest BCUT2D eigenvalue weighted by atomic mass is 9.99. The minimum atomic E-state index is -1.41. The first-order valence-electron chi connectivity index (χ1n) is 4.23. The molecule has 1 aromatic rings. The molecule has 1 rings (SSSR count). The Morgan fingerprint density at radius 2 is 1.12 bits per heavy atom. The van der Waals surface area contributed by atoms with Gasteiger partial charge in [0.2, 0.25) is 0 Å². The molecule has 0 bridgehead atoms. The third-order valence-corrected chi connectivity index (χ3v) is 3.28. The molecule has 0 unspecified atom stereocenters. The molecule has 0 spiro atoms. The molecule has 0 aromatic heterocycles. The zero-order chi connectivity index (χ0) is 12.6. The van der Waals surface area contributed by atoms with Gasteiger partial charge in [0.1, 0.15) is 0 Å². The molecule has 0 aliphatic carbocycles. The van der Waals surface area contributed by atoms with Gasteiger partial charge in [-0.15, -0.1) is 0 Å². The molecule has 1 aromatic carbocycles. The summed E-state index contributed by atoms with van der Waals surface area (Å²) in [6.07, 6.45) is 0. The van der Waals surface area contributed by atoms with E-state index < -0.39 is 23.1 Å². The molecule has 6 heteroatoms. The predicted molar refractivity (Wildman–Crippen MR) is 59.9 cm³/mol. The predicted octanol–water partition coefficient (Wildman–Crippen LogP) is 3.01. The lowest BCUT2D eigenvalue weighted by Gasteiger charge is -2.12. The molecule has 16 heavy (non-hydrogen) atoms. The lowest BCUT2D eigenvalue weighted by molar-refractivity contribution is 0.0651. The lowest BCUT2D eigenvalue weighted by Crippen LogP contribution is -2.12. The summed E-state index contributed by atoms with van der Waals surface area (Å²) in [5.41, 5.74) is -0.00679. The van der Waals surface area contributed by atoms with Crippen LogP contribution < -0.4 is 0 Å². The van der Waals surface area contributed by atoms with Crippen molar-refractivity contribution in [3.8, 4) is 0 Å². The molecule has 0 aliphatic rings. The van der Waals surface area contributed by atoms with E-state index in [9.17, 15) is 9.59 Å². The number of aromatic carboxylic acids is 2. The van der Waals surface area contributed by atoms with Crippen molar-refractivity contribution in [2.75, 3.05) is 0 Å². The summed E-state index contributed by atoms with van der Waals surface area (Å²) in [5.74, 6) is -2.82. The van der Waals surface area contributed by atoms with Crippen molar-refractivity contribution < 1.29 is 19.8 Å². The quantitative estimate of drug-likeness (QED) is 0.859. The summed E-state index contributed by atoms with van der Waals surface area (Å²) >= 11 is 11.6. The molecule has 0 saturated heterocycles. The first-order valence-corrected chi connectivity index (χ1v) is 4.99. The van der Waals surface area contributed by atoms with E-state index >= 15 is 0 Å². The van der Waals surface area contributed by atoms with E-state index in [-0.39, 0.29) is 10.0 Å². The molecule has 0 saturated carbocycles. The second-order valence-electron chi connectivity index (χ2n) is 3.24. The van der Waals surface area contributed by atoms with Crippen molar-refractivity contribution in [1.29, 1.82) is 0 Å². The maximum Gasteiger partial charge on any atom is 0.338 e. The fourth-order valence-electron chi connectivity index (χ4n) is 1.33. The van der Waals surface area contributed by atoms with Gasteiger partial charge < -0.3 is 10.2 Å². The molecule has 0 radical (unpaired) electrons. The fourth-order valence-corrected chi connectivity index (χ4v) is 1.96. The molecular weight excluding hydrogens is 255 g/mol. The summed E-state index contributed by atoms with van der Waals surface area (Å²) in [5, 5.41) is 17.7. The summed E-state index contributed by atoms with van der Waals surface area (Å²) in [6, 6.07) is 0. The number of carboxylic acid groups (broad SMARTS) is 2. The average molecular weight is 263 g/mol. The Bertz CT molecular complexity index is 449. The van der Waals surface area contributed by atoms with Crippen molar-refractivity contribution in [2.24, 2.45) is 0 Å². The van der Waals surface area contributed by atoms with Crippen molar-refractivity contribution in [1.82, 2.24) is 0 Å². The van der Waals surface area contributed by atoms with Gasteiger partial charge in [0.05, 0.1) is 21.2 Å². The van der Waals surface area contributed by atoms with E-state index in [0.29, 0.717) is 11.1 Å². The highest BCUT2D eigenvalue weighted by molar-refractivity contribution is 6.39. The maximum absolute atomic E-state index is 11.0. The minimum Gasteiger partial charge on any atom is -0.478 e. The summed E-state index contributed by atoms with van der Waals surface area (Å²) < 4.78 is 0. The molecule has 0 amide bonds. The van der Waals surface area contributed by atoms with Crippen LogP contribution in [0.5, 0.6) is 0 Å². The Balaban J connectivity index is 3.83. The van der Waals surface area contributed by atoms with Crippen LogP contribution in [-0.2, 0) is 0 Å². The Morgan fingerprint density at radius 1 is 0.875 bits per heavy atom. The second-order valence-corrected chi connectivity index (χ2v) is 3.99. The number of hydrogen-bond donors (Lipinski definition) is 2. The molecule has 4 nitrogen and oxygen atoms in total. The fraction of sp³-hybridized carbons (Fsp3) is 0.200. The normalized spacial score (nSPS) is 10.2. The number of hydrogen-bond acceptors (Lipinski definition) is 2. The van der Waals surface area contributed by atoms with Crippen LogP contribution in [0.1, 0.15) is 31.8 Å². The first-order chi connectivity index (χ1) is 7.29. The van der Waals surface area contributed by atoms with Gasteiger partial charge in [0.15, 0.2) is 0 Å². The first kappa shape index (κ1) is 12.8. The number of halogens is 2. The summed E-state index contributed by atoms with van der Waals surface area (Å²) in [6.45, 7) is 3.17. The number of carboxylic acids is 2. The molecule has 0 atom stereocenters. The van der Waals surface area contributed by atoms with Gasteiger partial charge in [0.25, 0.3) is 0 Å². The van der Waals surface area contributed by atoms with Gasteiger partial charge in [-0.1, -0.05) is 23.2 Å². The molecule has 86 valence electrons. The van der Waals surface area contributed by atoms with Crippen molar-refractivity contribution >= 4 is 35.1 Å². The molecule has 0 aliphatic heterocycles. The van der Waals surface area contributed by atoms with E-state index in [2.05, 4.69) is 0 Å². The van der Waals surface area contributed by atoms with Crippen LogP contribution >= 0.6 is 23.2 Å². The van der Waals surface area contributed by atoms with E-state index in [0.717, 1.165) is 0 Å². The SMILES string of the molecule is Cc1c(C)c(Cl)c(C(=O)O)c(C(=O)O)c1Cl. The molecular formula is C10H8Cl2O4. The Kier molecular flexibility index (Phi) is 3.45. The zero-order valence-corrected chi connectivity index (χ0v) is 9.98. The standard InChI is InChI=1S/C10H8Cl2O4/c1-3-4(2)8(12)6(10(15)16)5(7(3)11)9(13)14/h1-2H3,(H,13,14)(H,15,16). The monoisotopic (exact) mass is 262 g/mol. The molecule has 0 fully saturated rings. The van der Waals surface area contributed by atoms with Gasteiger partial charge >= 0.3 is 11.9 Å². The number of rotatable bonds is 2. The highest BCUT2D eigenvalue weighted by Crippen LogP contribution is 2.34. The van der Waals surface area contributed by atoms with Crippen LogP contribution in [0.2, 0.25) is 10.0 Å². The third kappa shape index (κ3) is 1.86. The highest BCUT2D eigenvalue weighted by Gasteiger charge is 2.26. The second kappa shape index (κ2) is 4.31. The van der Waals surface area contributed by atoms with Crippen LogP contribution in [-0.4, -0.2) is 22.2 Å². The van der Waals surface area contributed by atoms with Gasteiger partial charge in [0, 0.05) is 0 Å².